The Kier molecular flexibility index (Phi) is 2.75. The SMILES string of the molecule is NC(=O)c1ccc([B-](F)(F)F)cc1Cl. The number of hydrogen-bond donors (Lipinski definition) is 1. The Morgan fingerprint density at radius 2 is 1.93 bits per heavy atom. The molecule has 0 heterocycles. The number of carbonyl (C=O) groups is 1. The normalized spacial score (nSPS) is 11.4. The van der Waals surface area contributed by atoms with E-state index in [2.05, 4.69) is 0 Å². The van der Waals surface area contributed by atoms with Gasteiger partial charge in [0.05, 0.1) is 10.6 Å². The predicted octanol–water partition coefficient (Wildman–Crippen LogP) is 1.49. The lowest BCUT2D eigenvalue weighted by molar-refractivity contribution is 0.100. The Hall–Kier alpha value is -1.17. The van der Waals surface area contributed by atoms with Crippen LogP contribution in [0.4, 0.5) is 12.9 Å². The second-order valence-corrected chi connectivity index (χ2v) is 3.09. The summed E-state index contributed by atoms with van der Waals surface area (Å²) >= 11 is 5.44. The van der Waals surface area contributed by atoms with Crippen LogP contribution in [0, 0.1) is 0 Å². The topological polar surface area (TPSA) is 43.1 Å². The molecule has 2 nitrogen and oxygen atoms in total. The van der Waals surface area contributed by atoms with Crippen molar-refractivity contribution in [1.82, 2.24) is 0 Å². The molecule has 2 N–H and O–H groups in total. The molecule has 14 heavy (non-hydrogen) atoms. The number of hydrogen-bond acceptors (Lipinski definition) is 1. The van der Waals surface area contributed by atoms with E-state index in [0.717, 1.165) is 12.1 Å². The summed E-state index contributed by atoms with van der Waals surface area (Å²) in [4.78, 5) is 10.6. The van der Waals surface area contributed by atoms with Gasteiger partial charge < -0.3 is 18.7 Å². The van der Waals surface area contributed by atoms with Gasteiger partial charge in [-0.3, -0.25) is 4.79 Å². The maximum absolute atomic E-state index is 12.2. The fraction of sp³-hybridized carbons (Fsp3) is 0. The lowest BCUT2D eigenvalue weighted by atomic mass is 9.80. The summed E-state index contributed by atoms with van der Waals surface area (Å²) in [6.45, 7) is -5.10. The van der Waals surface area contributed by atoms with Gasteiger partial charge in [-0.25, -0.2) is 0 Å². The highest BCUT2D eigenvalue weighted by Gasteiger charge is 2.26. The van der Waals surface area contributed by atoms with Crippen molar-refractivity contribution in [3.8, 4) is 0 Å². The summed E-state index contributed by atoms with van der Waals surface area (Å²) in [6, 6.07) is 2.45. The molecule has 1 rings (SSSR count). The van der Waals surface area contributed by atoms with Gasteiger partial charge in [-0.1, -0.05) is 29.8 Å². The van der Waals surface area contributed by atoms with Gasteiger partial charge in [0, 0.05) is 0 Å². The Morgan fingerprint density at radius 1 is 1.36 bits per heavy atom. The van der Waals surface area contributed by atoms with Crippen LogP contribution in [0.25, 0.3) is 0 Å². The van der Waals surface area contributed by atoms with Crippen molar-refractivity contribution in [2.75, 3.05) is 0 Å². The van der Waals surface area contributed by atoms with Crippen LogP contribution in [-0.4, -0.2) is 12.9 Å². The second kappa shape index (κ2) is 3.53. The standard InChI is InChI=1S/C7H5BClF3NO/c9-6-3-4(8(10,11)12)1-2-5(6)7(13)14/h1-3H,(H2,13,14)/q-1. The lowest BCUT2D eigenvalue weighted by Gasteiger charge is -2.15. The molecule has 1 aromatic rings. The van der Waals surface area contributed by atoms with Crippen LogP contribution in [0.1, 0.15) is 10.4 Å². The largest absolute Gasteiger partial charge is 0.509 e. The van der Waals surface area contributed by atoms with Crippen molar-refractivity contribution in [1.29, 1.82) is 0 Å². The first-order valence-corrected chi connectivity index (χ1v) is 3.99. The number of nitrogens with two attached hydrogens (primary N) is 1. The quantitative estimate of drug-likeness (QED) is 0.757. The molecule has 0 aliphatic rings. The lowest BCUT2D eigenvalue weighted by Crippen LogP contribution is -2.34. The van der Waals surface area contributed by atoms with Crippen LogP contribution < -0.4 is 11.2 Å². The second-order valence-electron chi connectivity index (χ2n) is 2.68. The van der Waals surface area contributed by atoms with Gasteiger partial charge in [-0.15, -0.1) is 5.46 Å². The van der Waals surface area contributed by atoms with E-state index in [1.54, 1.807) is 0 Å². The van der Waals surface area contributed by atoms with Crippen LogP contribution in [0.5, 0.6) is 0 Å². The minimum absolute atomic E-state index is 0.115. The fourth-order valence-corrected chi connectivity index (χ4v) is 1.22. The number of benzene rings is 1. The number of rotatable bonds is 2. The van der Waals surface area contributed by atoms with E-state index >= 15 is 0 Å². The van der Waals surface area contributed by atoms with Crippen LogP contribution in [0.15, 0.2) is 18.2 Å². The van der Waals surface area contributed by atoms with Gasteiger partial charge in [0.15, 0.2) is 0 Å². The third kappa shape index (κ3) is 2.20. The predicted molar refractivity (Wildman–Crippen MR) is 48.7 cm³/mol. The van der Waals surface area contributed by atoms with Crippen molar-refractivity contribution in [3.63, 3.8) is 0 Å². The molecule has 0 bridgehead atoms. The molecule has 1 aromatic carbocycles. The Bertz CT molecular complexity index is 380. The zero-order chi connectivity index (χ0) is 10.9. The number of primary amides is 1. The van der Waals surface area contributed by atoms with Crippen molar-refractivity contribution in [2.45, 2.75) is 0 Å². The zero-order valence-corrected chi connectivity index (χ0v) is 7.56. The molecule has 7 heteroatoms. The molecule has 76 valence electrons. The maximum Gasteiger partial charge on any atom is 0.509 e. The summed E-state index contributed by atoms with van der Waals surface area (Å²) in [5.41, 5.74) is 3.91. The van der Waals surface area contributed by atoms with E-state index in [1.807, 2.05) is 0 Å². The Labute approximate surface area is 82.9 Å². The maximum atomic E-state index is 12.2. The van der Waals surface area contributed by atoms with E-state index in [-0.39, 0.29) is 10.6 Å². The summed E-state index contributed by atoms with van der Waals surface area (Å²) < 4.78 is 36.6. The summed E-state index contributed by atoms with van der Waals surface area (Å²) in [7, 11) is 0. The Balaban J connectivity index is 3.20. The van der Waals surface area contributed by atoms with Crippen molar-refractivity contribution in [3.05, 3.63) is 28.8 Å². The highest BCUT2D eigenvalue weighted by molar-refractivity contribution is 6.73. The number of halogens is 4. The van der Waals surface area contributed by atoms with E-state index < -0.39 is 18.3 Å². The van der Waals surface area contributed by atoms with E-state index in [9.17, 15) is 17.7 Å². The smallest absolute Gasteiger partial charge is 0.445 e. The van der Waals surface area contributed by atoms with Crippen LogP contribution in [-0.2, 0) is 0 Å². The van der Waals surface area contributed by atoms with E-state index in [4.69, 9.17) is 17.3 Å². The van der Waals surface area contributed by atoms with E-state index in [0.29, 0.717) is 6.07 Å². The molecule has 0 spiro atoms. The van der Waals surface area contributed by atoms with Crippen molar-refractivity contribution >= 4 is 29.9 Å². The molecule has 0 aromatic heterocycles. The highest BCUT2D eigenvalue weighted by atomic mass is 35.5. The van der Waals surface area contributed by atoms with Crippen LogP contribution in [0.3, 0.4) is 0 Å². The molecule has 0 saturated carbocycles. The average Bonchev–Trinajstić information content (AvgIpc) is 2.01. The molecular formula is C7H5BClF3NO-. The van der Waals surface area contributed by atoms with Gasteiger partial charge in [0.1, 0.15) is 0 Å². The average molecular weight is 222 g/mol. The molecule has 0 unspecified atom stereocenters. The fourth-order valence-electron chi connectivity index (χ4n) is 0.935. The molecule has 0 aliphatic carbocycles. The van der Waals surface area contributed by atoms with Crippen LogP contribution in [0.2, 0.25) is 5.02 Å². The number of amides is 1. The van der Waals surface area contributed by atoms with Gasteiger partial charge in [-0.2, -0.15) is 0 Å². The molecule has 0 atom stereocenters. The minimum Gasteiger partial charge on any atom is -0.445 e. The monoisotopic (exact) mass is 222 g/mol. The minimum atomic E-state index is -5.10. The Morgan fingerprint density at radius 3 is 2.29 bits per heavy atom. The van der Waals surface area contributed by atoms with Crippen LogP contribution >= 0.6 is 11.6 Å². The molecule has 0 aliphatic heterocycles. The molecular weight excluding hydrogens is 217 g/mol. The third-order valence-electron chi connectivity index (χ3n) is 1.64. The highest BCUT2D eigenvalue weighted by Crippen LogP contribution is 2.17. The van der Waals surface area contributed by atoms with Crippen molar-refractivity contribution in [2.24, 2.45) is 5.73 Å². The molecule has 0 saturated heterocycles. The number of carbonyl (C=O) groups excluding carboxylic acids is 1. The third-order valence-corrected chi connectivity index (χ3v) is 1.95. The molecule has 0 radical (unpaired) electrons. The molecule has 1 amide bonds. The van der Waals surface area contributed by atoms with Crippen molar-refractivity contribution < 1.29 is 17.7 Å². The van der Waals surface area contributed by atoms with Gasteiger partial charge in [-0.05, 0) is 0 Å². The summed E-state index contributed by atoms with van der Waals surface area (Å²) in [5.74, 6) is -0.851. The molecule has 0 fully saturated rings. The first kappa shape index (κ1) is 10.9. The summed E-state index contributed by atoms with van der Waals surface area (Å²) in [6.07, 6.45) is 0. The first-order chi connectivity index (χ1) is 6.32. The van der Waals surface area contributed by atoms with E-state index in [1.165, 1.54) is 0 Å². The summed E-state index contributed by atoms with van der Waals surface area (Å²) in [5, 5.41) is -0.283. The first-order valence-electron chi connectivity index (χ1n) is 3.61. The van der Waals surface area contributed by atoms with Gasteiger partial charge in [0.2, 0.25) is 5.91 Å². The van der Waals surface area contributed by atoms with Gasteiger partial charge >= 0.3 is 6.98 Å². The van der Waals surface area contributed by atoms with Gasteiger partial charge in [0.25, 0.3) is 0 Å². The zero-order valence-electron chi connectivity index (χ0n) is 6.81.